The van der Waals surface area contributed by atoms with E-state index >= 15 is 0 Å². The van der Waals surface area contributed by atoms with Crippen molar-refractivity contribution in [2.45, 2.75) is 31.7 Å². The van der Waals surface area contributed by atoms with Crippen molar-refractivity contribution in [3.8, 4) is 5.75 Å². The van der Waals surface area contributed by atoms with Crippen LogP contribution in [0.1, 0.15) is 26.2 Å². The molecule has 1 saturated carbocycles. The zero-order valence-corrected chi connectivity index (χ0v) is 10.6. The lowest BCUT2D eigenvalue weighted by Crippen LogP contribution is -2.44. The highest BCUT2D eigenvalue weighted by molar-refractivity contribution is 5.50. The van der Waals surface area contributed by atoms with E-state index in [-0.39, 0.29) is 12.1 Å². The van der Waals surface area contributed by atoms with E-state index in [0.29, 0.717) is 5.92 Å². The number of methoxy groups -OCH3 is 1. The Balaban J connectivity index is 2.18. The summed E-state index contributed by atoms with van der Waals surface area (Å²) in [6.45, 7) is 2.39. The molecule has 3 nitrogen and oxygen atoms in total. The molecule has 0 bridgehead atoms. The fourth-order valence-corrected chi connectivity index (χ4v) is 2.69. The van der Waals surface area contributed by atoms with Gasteiger partial charge in [-0.15, -0.1) is 0 Å². The van der Waals surface area contributed by atoms with E-state index in [9.17, 15) is 5.11 Å². The van der Waals surface area contributed by atoms with Crippen molar-refractivity contribution in [3.05, 3.63) is 24.3 Å². The standard InChI is InChI=1S/C14H21NO2/c1-11-5-4-8-14(11,10-16)15-12-6-3-7-13(9-12)17-2/h3,6-7,9,11,15-16H,4-5,8,10H2,1-2H3. The molecular weight excluding hydrogens is 214 g/mol. The van der Waals surface area contributed by atoms with Crippen LogP contribution in [0.5, 0.6) is 5.75 Å². The van der Waals surface area contributed by atoms with Crippen LogP contribution in [0.4, 0.5) is 5.69 Å². The molecule has 0 saturated heterocycles. The van der Waals surface area contributed by atoms with Gasteiger partial charge in [0.05, 0.1) is 19.3 Å². The summed E-state index contributed by atoms with van der Waals surface area (Å²) in [6.07, 6.45) is 3.39. The maximum Gasteiger partial charge on any atom is 0.120 e. The Bertz CT molecular complexity index is 380. The number of rotatable bonds is 4. The minimum absolute atomic E-state index is 0.160. The normalized spacial score (nSPS) is 28.1. The molecule has 0 heterocycles. The van der Waals surface area contributed by atoms with Crippen molar-refractivity contribution in [1.82, 2.24) is 0 Å². The van der Waals surface area contributed by atoms with Crippen LogP contribution in [-0.2, 0) is 0 Å². The Morgan fingerprint density at radius 3 is 2.94 bits per heavy atom. The number of hydrogen-bond donors (Lipinski definition) is 2. The van der Waals surface area contributed by atoms with Gasteiger partial charge in [-0.25, -0.2) is 0 Å². The predicted octanol–water partition coefficient (Wildman–Crippen LogP) is 2.66. The van der Waals surface area contributed by atoms with E-state index < -0.39 is 0 Å². The van der Waals surface area contributed by atoms with Crippen molar-refractivity contribution >= 4 is 5.69 Å². The average molecular weight is 235 g/mol. The fraction of sp³-hybridized carbons (Fsp3) is 0.571. The molecule has 1 aromatic carbocycles. The Kier molecular flexibility index (Phi) is 3.57. The lowest BCUT2D eigenvalue weighted by atomic mass is 9.89. The van der Waals surface area contributed by atoms with E-state index in [4.69, 9.17) is 4.74 Å². The first-order chi connectivity index (χ1) is 8.20. The Morgan fingerprint density at radius 1 is 1.53 bits per heavy atom. The minimum Gasteiger partial charge on any atom is -0.497 e. The summed E-state index contributed by atoms with van der Waals surface area (Å²) in [5.41, 5.74) is 0.860. The van der Waals surface area contributed by atoms with Crippen molar-refractivity contribution in [3.63, 3.8) is 0 Å². The van der Waals surface area contributed by atoms with Crippen LogP contribution in [0.25, 0.3) is 0 Å². The molecule has 94 valence electrons. The predicted molar refractivity (Wildman–Crippen MR) is 69.4 cm³/mol. The van der Waals surface area contributed by atoms with Gasteiger partial charge in [-0.05, 0) is 30.9 Å². The molecule has 17 heavy (non-hydrogen) atoms. The van der Waals surface area contributed by atoms with Crippen LogP contribution < -0.4 is 10.1 Å². The molecule has 2 unspecified atom stereocenters. The maximum absolute atomic E-state index is 9.68. The number of nitrogens with one attached hydrogen (secondary N) is 1. The van der Waals surface area contributed by atoms with Gasteiger partial charge in [0, 0.05) is 11.8 Å². The van der Waals surface area contributed by atoms with Crippen molar-refractivity contribution in [1.29, 1.82) is 0 Å². The highest BCUT2D eigenvalue weighted by atomic mass is 16.5. The molecule has 0 aromatic heterocycles. The SMILES string of the molecule is COc1cccc(NC2(CO)CCCC2C)c1. The van der Waals surface area contributed by atoms with Gasteiger partial charge in [0.1, 0.15) is 5.75 Å². The topological polar surface area (TPSA) is 41.5 Å². The van der Waals surface area contributed by atoms with Gasteiger partial charge in [0.15, 0.2) is 0 Å². The van der Waals surface area contributed by atoms with Gasteiger partial charge < -0.3 is 15.2 Å². The quantitative estimate of drug-likeness (QED) is 0.843. The van der Waals surface area contributed by atoms with E-state index in [1.165, 1.54) is 12.8 Å². The zero-order chi connectivity index (χ0) is 12.3. The monoisotopic (exact) mass is 235 g/mol. The minimum atomic E-state index is -0.160. The number of aliphatic hydroxyl groups excluding tert-OH is 1. The van der Waals surface area contributed by atoms with Crippen LogP contribution in [0.2, 0.25) is 0 Å². The number of anilines is 1. The number of ether oxygens (including phenoxy) is 1. The number of aliphatic hydroxyl groups is 1. The third kappa shape index (κ3) is 2.39. The van der Waals surface area contributed by atoms with Gasteiger partial charge in [-0.2, -0.15) is 0 Å². The highest BCUT2D eigenvalue weighted by Gasteiger charge is 2.39. The van der Waals surface area contributed by atoms with Gasteiger partial charge in [0.2, 0.25) is 0 Å². The molecule has 1 fully saturated rings. The number of benzene rings is 1. The molecule has 2 N–H and O–H groups in total. The summed E-state index contributed by atoms with van der Waals surface area (Å²) in [7, 11) is 1.67. The third-order valence-corrected chi connectivity index (χ3v) is 3.95. The van der Waals surface area contributed by atoms with Crippen LogP contribution >= 0.6 is 0 Å². The zero-order valence-electron chi connectivity index (χ0n) is 10.6. The highest BCUT2D eigenvalue weighted by Crippen LogP contribution is 2.38. The lowest BCUT2D eigenvalue weighted by molar-refractivity contribution is 0.184. The Labute approximate surface area is 103 Å². The summed E-state index contributed by atoms with van der Waals surface area (Å²) in [5, 5.41) is 13.2. The third-order valence-electron chi connectivity index (χ3n) is 3.95. The Hall–Kier alpha value is -1.22. The van der Waals surface area contributed by atoms with Gasteiger partial charge in [0.25, 0.3) is 0 Å². The molecule has 0 amide bonds. The molecule has 1 aromatic rings. The largest absolute Gasteiger partial charge is 0.497 e. The van der Waals surface area contributed by atoms with E-state index in [1.807, 2.05) is 24.3 Å². The second-order valence-corrected chi connectivity index (χ2v) is 4.96. The first-order valence-electron chi connectivity index (χ1n) is 6.23. The lowest BCUT2D eigenvalue weighted by Gasteiger charge is -2.34. The van der Waals surface area contributed by atoms with E-state index in [0.717, 1.165) is 17.9 Å². The molecule has 2 rings (SSSR count). The fourth-order valence-electron chi connectivity index (χ4n) is 2.69. The van der Waals surface area contributed by atoms with Gasteiger partial charge in [-0.1, -0.05) is 19.4 Å². The average Bonchev–Trinajstić information content (AvgIpc) is 2.71. The number of hydrogen-bond acceptors (Lipinski definition) is 3. The van der Waals surface area contributed by atoms with Crippen LogP contribution in [0.15, 0.2) is 24.3 Å². The van der Waals surface area contributed by atoms with Gasteiger partial charge >= 0.3 is 0 Å². The van der Waals surface area contributed by atoms with Crippen molar-refractivity contribution < 1.29 is 9.84 Å². The summed E-state index contributed by atoms with van der Waals surface area (Å²) in [4.78, 5) is 0. The Morgan fingerprint density at radius 2 is 2.35 bits per heavy atom. The molecule has 3 heteroatoms. The van der Waals surface area contributed by atoms with E-state index in [1.54, 1.807) is 7.11 Å². The molecule has 1 aliphatic carbocycles. The van der Waals surface area contributed by atoms with Crippen LogP contribution in [0, 0.1) is 5.92 Å². The molecule has 0 aliphatic heterocycles. The smallest absolute Gasteiger partial charge is 0.120 e. The summed E-state index contributed by atoms with van der Waals surface area (Å²) < 4.78 is 5.21. The molecule has 0 radical (unpaired) electrons. The van der Waals surface area contributed by atoms with Crippen molar-refractivity contribution in [2.24, 2.45) is 5.92 Å². The van der Waals surface area contributed by atoms with E-state index in [2.05, 4.69) is 12.2 Å². The van der Waals surface area contributed by atoms with Gasteiger partial charge in [-0.3, -0.25) is 0 Å². The van der Waals surface area contributed by atoms with Crippen molar-refractivity contribution in [2.75, 3.05) is 19.0 Å². The first kappa shape index (κ1) is 12.2. The molecular formula is C14H21NO2. The maximum atomic E-state index is 9.68. The summed E-state index contributed by atoms with van der Waals surface area (Å²) >= 11 is 0. The summed E-state index contributed by atoms with van der Waals surface area (Å²) in [6, 6.07) is 7.88. The summed E-state index contributed by atoms with van der Waals surface area (Å²) in [5.74, 6) is 1.34. The second kappa shape index (κ2) is 4.96. The molecule has 1 aliphatic rings. The first-order valence-corrected chi connectivity index (χ1v) is 6.23. The molecule has 2 atom stereocenters. The van der Waals surface area contributed by atoms with Crippen LogP contribution in [-0.4, -0.2) is 24.4 Å². The molecule has 0 spiro atoms. The van der Waals surface area contributed by atoms with Crippen LogP contribution in [0.3, 0.4) is 0 Å². The second-order valence-electron chi connectivity index (χ2n) is 4.96.